The van der Waals surface area contributed by atoms with Gasteiger partial charge in [-0.15, -0.1) is 6.58 Å². The lowest BCUT2D eigenvalue weighted by Crippen LogP contribution is -2.70. The van der Waals surface area contributed by atoms with Crippen molar-refractivity contribution in [3.8, 4) is 17.6 Å². The van der Waals surface area contributed by atoms with Gasteiger partial charge in [0.15, 0.2) is 0 Å². The molecule has 1 aromatic heterocycles. The number of hydrogen-bond donors (Lipinski definition) is 3. The maximum atomic E-state index is 15.0. The van der Waals surface area contributed by atoms with E-state index in [0.717, 1.165) is 48.2 Å². The number of benzene rings is 2. The van der Waals surface area contributed by atoms with E-state index in [1.54, 1.807) is 35.2 Å². The van der Waals surface area contributed by atoms with Crippen LogP contribution in [0.5, 0.6) is 11.5 Å². The fraction of sp³-hybridized carbons (Fsp3) is 0.500. The Morgan fingerprint density at radius 2 is 1.84 bits per heavy atom. The molecule has 326 valence electrons. The van der Waals surface area contributed by atoms with Gasteiger partial charge < -0.3 is 44.0 Å². The first-order valence-electron chi connectivity index (χ1n) is 21.6. The number of nitrogens with zero attached hydrogens (tertiary/aromatic N) is 4. The van der Waals surface area contributed by atoms with Crippen molar-refractivity contribution in [2.75, 3.05) is 52.8 Å². The number of aromatic nitrogens is 1. The summed E-state index contributed by atoms with van der Waals surface area (Å²) >= 11 is 0. The zero-order valence-electron chi connectivity index (χ0n) is 35.4. The summed E-state index contributed by atoms with van der Waals surface area (Å²) in [5.41, 5.74) is 5.05. The lowest BCUT2D eigenvalue weighted by atomic mass is 9.55. The molecule has 0 bridgehead atoms. The van der Waals surface area contributed by atoms with Crippen LogP contribution >= 0.6 is 0 Å². The smallest absolute Gasteiger partial charge is 0.254 e. The largest absolute Gasteiger partial charge is 0.487 e. The molecule has 3 aromatic rings. The van der Waals surface area contributed by atoms with Crippen LogP contribution in [0.2, 0.25) is 0 Å². The third kappa shape index (κ3) is 10.5. The van der Waals surface area contributed by atoms with Crippen molar-refractivity contribution in [3.05, 3.63) is 113 Å². The third-order valence-corrected chi connectivity index (χ3v) is 11.9. The predicted octanol–water partition coefficient (Wildman–Crippen LogP) is 6.65. The summed E-state index contributed by atoms with van der Waals surface area (Å²) in [5.74, 6) is -1.17. The monoisotopic (exact) mass is 836 g/mol. The van der Waals surface area contributed by atoms with Gasteiger partial charge in [0, 0.05) is 48.9 Å². The Hall–Kier alpha value is -5.10. The fourth-order valence-corrected chi connectivity index (χ4v) is 9.30. The number of amides is 1. The van der Waals surface area contributed by atoms with E-state index in [9.17, 15) is 25.4 Å². The highest BCUT2D eigenvalue weighted by Crippen LogP contribution is 2.62. The molecule has 13 heteroatoms. The van der Waals surface area contributed by atoms with Crippen LogP contribution in [0.15, 0.2) is 90.1 Å². The van der Waals surface area contributed by atoms with E-state index in [2.05, 4.69) is 29.8 Å². The molecule has 2 aliphatic carbocycles. The number of carbonyl (C=O) groups is 1. The Morgan fingerprint density at radius 3 is 2.54 bits per heavy atom. The summed E-state index contributed by atoms with van der Waals surface area (Å²) in [6, 6.07) is 19.6. The summed E-state index contributed by atoms with van der Waals surface area (Å²) < 4.78 is 26.6. The predicted molar refractivity (Wildman–Crippen MR) is 230 cm³/mol. The van der Waals surface area contributed by atoms with Gasteiger partial charge >= 0.3 is 0 Å². The minimum atomic E-state index is -1.47. The van der Waals surface area contributed by atoms with Crippen LogP contribution in [-0.2, 0) is 20.9 Å². The van der Waals surface area contributed by atoms with Gasteiger partial charge in [-0.1, -0.05) is 36.2 Å². The Kier molecular flexibility index (Phi) is 16.5. The number of hydrogen-bond acceptors (Lipinski definition) is 12. The number of nitriles is 1. The van der Waals surface area contributed by atoms with E-state index in [0.29, 0.717) is 47.8 Å². The maximum Gasteiger partial charge on any atom is 0.254 e. The van der Waals surface area contributed by atoms with Crippen LogP contribution in [0.4, 0.5) is 0 Å². The second-order valence-corrected chi connectivity index (χ2v) is 15.8. The second-order valence-electron chi connectivity index (χ2n) is 15.8. The minimum Gasteiger partial charge on any atom is -0.487 e. The van der Waals surface area contributed by atoms with Crippen molar-refractivity contribution in [2.24, 2.45) is 22.9 Å². The van der Waals surface area contributed by atoms with Crippen molar-refractivity contribution in [3.63, 3.8) is 0 Å². The Balaban J connectivity index is 1.57. The van der Waals surface area contributed by atoms with Gasteiger partial charge in [0.05, 0.1) is 55.4 Å². The van der Waals surface area contributed by atoms with Crippen molar-refractivity contribution in [1.82, 2.24) is 9.88 Å². The number of aryl methyl sites for hydroxylation is 1. The van der Waals surface area contributed by atoms with Gasteiger partial charge in [-0.25, -0.2) is 0 Å². The van der Waals surface area contributed by atoms with Crippen LogP contribution in [0.3, 0.4) is 0 Å². The Labute approximate surface area is 359 Å². The number of allylic oxidation sites excluding steroid dienone is 1. The molecule has 13 nitrogen and oxygen atoms in total. The summed E-state index contributed by atoms with van der Waals surface area (Å²) in [6.45, 7) is 8.89. The first kappa shape index (κ1) is 45.4. The molecule has 1 fully saturated rings. The Bertz CT molecular complexity index is 2030. The van der Waals surface area contributed by atoms with E-state index >= 15 is 0 Å². The molecule has 2 heterocycles. The molecule has 1 saturated carbocycles. The number of pyridine rings is 1. The van der Waals surface area contributed by atoms with Crippen molar-refractivity contribution in [1.29, 1.82) is 5.26 Å². The molecule has 2 aromatic carbocycles. The molecule has 3 aliphatic rings. The molecule has 61 heavy (non-hydrogen) atoms. The van der Waals surface area contributed by atoms with Gasteiger partial charge in [0.2, 0.25) is 5.79 Å². The quantitative estimate of drug-likeness (QED) is 0.0530. The van der Waals surface area contributed by atoms with E-state index < -0.39 is 17.7 Å². The lowest BCUT2D eigenvalue weighted by molar-refractivity contribution is -0.254. The third-order valence-electron chi connectivity index (χ3n) is 11.9. The normalized spacial score (nSPS) is 23.2. The number of unbranched alkanes of at least 4 members (excludes halogenated alkanes) is 2. The molecule has 0 radical (unpaired) electrons. The Morgan fingerprint density at radius 1 is 1.05 bits per heavy atom. The summed E-state index contributed by atoms with van der Waals surface area (Å²) in [7, 11) is 0. The van der Waals surface area contributed by atoms with Crippen LogP contribution in [-0.4, -0.2) is 101 Å². The number of oxime groups is 1. The number of aliphatic hydroxyl groups is 3. The van der Waals surface area contributed by atoms with Gasteiger partial charge in [0.1, 0.15) is 30.8 Å². The first-order valence-corrected chi connectivity index (χ1v) is 21.6. The van der Waals surface area contributed by atoms with Crippen molar-refractivity contribution < 1.29 is 43.9 Å². The molecule has 6 rings (SSSR count). The maximum absolute atomic E-state index is 15.0. The number of carbonyl (C=O) groups excluding carboxylic acids is 1. The van der Waals surface area contributed by atoms with Crippen LogP contribution in [0.25, 0.3) is 0 Å². The van der Waals surface area contributed by atoms with Crippen LogP contribution in [0.1, 0.15) is 90.7 Å². The van der Waals surface area contributed by atoms with Gasteiger partial charge in [0.25, 0.3) is 5.91 Å². The number of rotatable bonds is 23. The fourth-order valence-electron chi connectivity index (χ4n) is 9.30. The highest BCUT2D eigenvalue weighted by atomic mass is 16.7. The highest BCUT2D eigenvalue weighted by molar-refractivity contribution is 6.03. The second kappa shape index (κ2) is 22.1. The molecule has 0 unspecified atom stereocenters. The minimum absolute atomic E-state index is 0.0321. The molecule has 1 aliphatic heterocycles. The number of ether oxygens (including phenoxy) is 4. The summed E-state index contributed by atoms with van der Waals surface area (Å²) in [6.07, 6.45) is 8.71. The summed E-state index contributed by atoms with van der Waals surface area (Å²) in [4.78, 5) is 27.2. The van der Waals surface area contributed by atoms with Crippen LogP contribution < -0.4 is 9.47 Å². The van der Waals surface area contributed by atoms with E-state index in [1.807, 2.05) is 44.2 Å². The van der Waals surface area contributed by atoms with E-state index in [1.165, 1.54) is 0 Å². The molecular formula is C48H60N4O9. The van der Waals surface area contributed by atoms with Crippen molar-refractivity contribution >= 4 is 11.6 Å². The topological polar surface area (TPSA) is 176 Å². The number of fused-ring (bicyclic) bond motifs is 2. The molecule has 3 N–H and O–H groups in total. The average molecular weight is 837 g/mol. The zero-order valence-corrected chi connectivity index (χ0v) is 35.4. The SMILES string of the molecule is C=CCO[C@@]12Oc3ccc(OCc4cccc(C)n4)cc3[C@H]3[C@H](CCCCO)[C@@H](CCCCO)C=C(C(=NOCC)C[C@@H]1N(CCOCCO)C(=O)c1ccc(C#N)cc1)[C@H]32. The van der Waals surface area contributed by atoms with Crippen molar-refractivity contribution in [2.45, 2.75) is 83.1 Å². The molecule has 6 atom stereocenters. The number of aliphatic hydroxyl groups excluding tert-OH is 3. The summed E-state index contributed by atoms with van der Waals surface area (Å²) in [5, 5.41) is 43.7. The van der Waals surface area contributed by atoms with Gasteiger partial charge in [-0.2, -0.15) is 5.26 Å². The molecule has 0 saturated heterocycles. The first-order chi connectivity index (χ1) is 29.8. The van der Waals surface area contributed by atoms with Crippen LogP contribution in [0, 0.1) is 36.0 Å². The van der Waals surface area contributed by atoms with E-state index in [4.69, 9.17) is 28.9 Å². The standard InChI is InChI=1S/C48H60N4O9/c1-4-25-59-48-44(52(21-26-57-27-24-55)47(56)35-17-15-34(31-49)16-18-35)30-42(51-60-5-2)40-28-36(12-6-8-22-53)39(14-7-9-23-54)45(46(40)48)41-29-38(19-20-43(41)61-48)58-32-37-13-10-11-33(3)50-37/h4,10-11,13,15-20,28-29,36,39,44-46,53-55H,1,5-9,12,14,21-27,30,32H2,2-3H3/t36-,39+,44-,45+,46+,48+/m0/s1. The molecule has 0 spiro atoms. The average Bonchev–Trinajstić information content (AvgIpc) is 3.28. The zero-order chi connectivity index (χ0) is 43.2. The lowest BCUT2D eigenvalue weighted by Gasteiger charge is -2.60. The van der Waals surface area contributed by atoms with Gasteiger partial charge in [-0.3, -0.25) is 9.78 Å². The molecule has 1 amide bonds. The van der Waals surface area contributed by atoms with Gasteiger partial charge in [-0.05, 0) is 112 Å². The molecular weight excluding hydrogens is 777 g/mol. The van der Waals surface area contributed by atoms with E-state index in [-0.39, 0.29) is 82.9 Å². The highest BCUT2D eigenvalue weighted by Gasteiger charge is 2.65.